The van der Waals surface area contributed by atoms with Gasteiger partial charge in [-0.2, -0.15) is 0 Å². The zero-order chi connectivity index (χ0) is 12.3. The molecule has 0 saturated carbocycles. The molecular formula is C14H21NO2. The molecule has 1 aromatic carbocycles. The molecule has 94 valence electrons. The third-order valence-electron chi connectivity index (χ3n) is 3.58. The number of rotatable bonds is 5. The summed E-state index contributed by atoms with van der Waals surface area (Å²) in [5, 5.41) is 0. The van der Waals surface area contributed by atoms with Crippen molar-refractivity contribution in [3.8, 4) is 5.75 Å². The number of hydrogen-bond donors (Lipinski definition) is 1. The molecule has 1 heterocycles. The maximum Gasteiger partial charge on any atom is 0.119 e. The minimum absolute atomic E-state index is 0.146. The first-order valence-corrected chi connectivity index (χ1v) is 6.12. The molecular weight excluding hydrogens is 214 g/mol. The fraction of sp³-hybridized carbons (Fsp3) is 0.571. The number of benzene rings is 1. The molecule has 1 unspecified atom stereocenters. The lowest BCUT2D eigenvalue weighted by molar-refractivity contribution is -0.0702. The van der Waals surface area contributed by atoms with Crippen LogP contribution in [0.4, 0.5) is 0 Å². The highest BCUT2D eigenvalue weighted by molar-refractivity contribution is 5.35. The molecule has 1 aliphatic rings. The van der Waals surface area contributed by atoms with Crippen LogP contribution in [-0.2, 0) is 10.2 Å². The largest absolute Gasteiger partial charge is 0.497 e. The Bertz CT molecular complexity index is 374. The summed E-state index contributed by atoms with van der Waals surface area (Å²) in [6.07, 6.45) is 1.08. The molecule has 1 saturated heterocycles. The van der Waals surface area contributed by atoms with E-state index >= 15 is 0 Å². The Balaban J connectivity index is 2.21. The molecule has 0 bridgehead atoms. The maximum atomic E-state index is 5.73. The zero-order valence-electron chi connectivity index (χ0n) is 10.6. The van der Waals surface area contributed by atoms with Crippen molar-refractivity contribution in [3.05, 3.63) is 29.8 Å². The van der Waals surface area contributed by atoms with Crippen LogP contribution in [0.3, 0.4) is 0 Å². The van der Waals surface area contributed by atoms with Gasteiger partial charge in [-0.15, -0.1) is 0 Å². The van der Waals surface area contributed by atoms with Crippen LogP contribution in [0.5, 0.6) is 5.75 Å². The molecule has 3 heteroatoms. The van der Waals surface area contributed by atoms with Crippen LogP contribution in [-0.4, -0.2) is 26.9 Å². The van der Waals surface area contributed by atoms with Crippen molar-refractivity contribution in [3.63, 3.8) is 0 Å². The summed E-state index contributed by atoms with van der Waals surface area (Å²) in [4.78, 5) is 0. The fourth-order valence-electron chi connectivity index (χ4n) is 2.45. The van der Waals surface area contributed by atoms with Gasteiger partial charge < -0.3 is 15.2 Å². The number of methoxy groups -OCH3 is 1. The van der Waals surface area contributed by atoms with E-state index in [1.54, 1.807) is 7.11 Å². The van der Waals surface area contributed by atoms with E-state index in [1.165, 1.54) is 5.56 Å². The Morgan fingerprint density at radius 1 is 1.47 bits per heavy atom. The Hall–Kier alpha value is -1.06. The summed E-state index contributed by atoms with van der Waals surface area (Å²) >= 11 is 0. The van der Waals surface area contributed by atoms with Crippen molar-refractivity contribution in [1.29, 1.82) is 0 Å². The summed E-state index contributed by atoms with van der Waals surface area (Å²) in [6, 6.07) is 8.30. The van der Waals surface area contributed by atoms with Gasteiger partial charge in [-0.3, -0.25) is 0 Å². The maximum absolute atomic E-state index is 5.73. The average Bonchev–Trinajstić information content (AvgIpc) is 2.33. The van der Waals surface area contributed by atoms with Crippen molar-refractivity contribution in [2.45, 2.75) is 18.8 Å². The van der Waals surface area contributed by atoms with Crippen molar-refractivity contribution in [1.82, 2.24) is 0 Å². The van der Waals surface area contributed by atoms with E-state index in [9.17, 15) is 0 Å². The molecule has 17 heavy (non-hydrogen) atoms. The molecule has 2 rings (SSSR count). The highest BCUT2D eigenvalue weighted by Crippen LogP contribution is 2.39. The van der Waals surface area contributed by atoms with Gasteiger partial charge in [-0.05, 0) is 36.6 Å². The monoisotopic (exact) mass is 235 g/mol. The van der Waals surface area contributed by atoms with Crippen LogP contribution in [0.1, 0.15) is 18.9 Å². The molecule has 1 aliphatic heterocycles. The first kappa shape index (κ1) is 12.4. The average molecular weight is 235 g/mol. The normalized spacial score (nSPS) is 19.5. The van der Waals surface area contributed by atoms with E-state index in [-0.39, 0.29) is 5.41 Å². The van der Waals surface area contributed by atoms with E-state index in [0.717, 1.165) is 31.9 Å². The van der Waals surface area contributed by atoms with E-state index < -0.39 is 0 Å². The molecule has 2 N–H and O–H groups in total. The minimum Gasteiger partial charge on any atom is -0.497 e. The predicted molar refractivity (Wildman–Crippen MR) is 68.3 cm³/mol. The summed E-state index contributed by atoms with van der Waals surface area (Å²) < 4.78 is 10.7. The summed E-state index contributed by atoms with van der Waals surface area (Å²) in [6.45, 7) is 4.51. The summed E-state index contributed by atoms with van der Waals surface area (Å²) in [5.41, 5.74) is 7.18. The summed E-state index contributed by atoms with van der Waals surface area (Å²) in [7, 11) is 1.70. The smallest absolute Gasteiger partial charge is 0.119 e. The van der Waals surface area contributed by atoms with Gasteiger partial charge in [0, 0.05) is 5.41 Å². The van der Waals surface area contributed by atoms with Gasteiger partial charge in [0.2, 0.25) is 0 Å². The minimum atomic E-state index is 0.146. The standard InChI is InChI=1S/C14H21NO2/c1-11(8-15)7-14(9-17-10-14)12-4-3-5-13(6-12)16-2/h3-6,11H,7-10,15H2,1-2H3. The lowest BCUT2D eigenvalue weighted by Crippen LogP contribution is -2.48. The van der Waals surface area contributed by atoms with Crippen molar-refractivity contribution >= 4 is 0 Å². The number of nitrogens with two attached hydrogens (primary N) is 1. The molecule has 1 fully saturated rings. The zero-order valence-corrected chi connectivity index (χ0v) is 10.6. The molecule has 0 spiro atoms. The van der Waals surface area contributed by atoms with Gasteiger partial charge in [-0.1, -0.05) is 19.1 Å². The third-order valence-corrected chi connectivity index (χ3v) is 3.58. The van der Waals surface area contributed by atoms with Crippen LogP contribution in [0.2, 0.25) is 0 Å². The van der Waals surface area contributed by atoms with Crippen molar-refractivity contribution in [2.24, 2.45) is 11.7 Å². The second-order valence-electron chi connectivity index (χ2n) is 5.05. The van der Waals surface area contributed by atoms with E-state index in [1.807, 2.05) is 12.1 Å². The predicted octanol–water partition coefficient (Wildman–Crippen LogP) is 1.95. The van der Waals surface area contributed by atoms with Gasteiger partial charge in [0.05, 0.1) is 20.3 Å². The number of hydrogen-bond acceptors (Lipinski definition) is 3. The Labute approximate surface area is 103 Å². The van der Waals surface area contributed by atoms with Gasteiger partial charge in [0.1, 0.15) is 5.75 Å². The van der Waals surface area contributed by atoms with Crippen LogP contribution in [0, 0.1) is 5.92 Å². The fourth-order valence-corrected chi connectivity index (χ4v) is 2.45. The Morgan fingerprint density at radius 2 is 2.24 bits per heavy atom. The third kappa shape index (κ3) is 2.45. The van der Waals surface area contributed by atoms with E-state index in [4.69, 9.17) is 15.2 Å². The molecule has 1 atom stereocenters. The lowest BCUT2D eigenvalue weighted by Gasteiger charge is -2.43. The molecule has 0 radical (unpaired) electrons. The first-order valence-electron chi connectivity index (χ1n) is 6.12. The summed E-state index contributed by atoms with van der Waals surface area (Å²) in [5.74, 6) is 1.43. The SMILES string of the molecule is COc1cccc(C2(CC(C)CN)COC2)c1. The van der Waals surface area contributed by atoms with Crippen molar-refractivity contribution < 1.29 is 9.47 Å². The topological polar surface area (TPSA) is 44.5 Å². The Kier molecular flexibility index (Phi) is 3.69. The quantitative estimate of drug-likeness (QED) is 0.848. The molecule has 0 aliphatic carbocycles. The highest BCUT2D eigenvalue weighted by atomic mass is 16.5. The second-order valence-corrected chi connectivity index (χ2v) is 5.05. The number of ether oxygens (including phenoxy) is 2. The highest BCUT2D eigenvalue weighted by Gasteiger charge is 2.41. The van der Waals surface area contributed by atoms with E-state index in [2.05, 4.69) is 19.1 Å². The molecule has 0 amide bonds. The Morgan fingerprint density at radius 3 is 2.76 bits per heavy atom. The van der Waals surface area contributed by atoms with E-state index in [0.29, 0.717) is 5.92 Å². The van der Waals surface area contributed by atoms with Gasteiger partial charge in [0.15, 0.2) is 0 Å². The van der Waals surface area contributed by atoms with Gasteiger partial charge in [-0.25, -0.2) is 0 Å². The van der Waals surface area contributed by atoms with Crippen LogP contribution in [0.15, 0.2) is 24.3 Å². The van der Waals surface area contributed by atoms with Gasteiger partial charge >= 0.3 is 0 Å². The van der Waals surface area contributed by atoms with Crippen LogP contribution in [0.25, 0.3) is 0 Å². The van der Waals surface area contributed by atoms with Crippen LogP contribution >= 0.6 is 0 Å². The van der Waals surface area contributed by atoms with Gasteiger partial charge in [0.25, 0.3) is 0 Å². The van der Waals surface area contributed by atoms with Crippen LogP contribution < -0.4 is 10.5 Å². The molecule has 1 aromatic rings. The van der Waals surface area contributed by atoms with Crippen molar-refractivity contribution in [2.75, 3.05) is 26.9 Å². The molecule has 3 nitrogen and oxygen atoms in total. The first-order chi connectivity index (χ1) is 8.20. The molecule has 0 aromatic heterocycles. The lowest BCUT2D eigenvalue weighted by atomic mass is 9.72. The second kappa shape index (κ2) is 5.07.